The lowest BCUT2D eigenvalue weighted by Crippen LogP contribution is -2.53. The molecule has 6 heteroatoms. The highest BCUT2D eigenvalue weighted by molar-refractivity contribution is 9.09. The Morgan fingerprint density at radius 3 is 2.50 bits per heavy atom. The van der Waals surface area contributed by atoms with Gasteiger partial charge in [-0.2, -0.15) is 13.2 Å². The molecule has 4 atom stereocenters. The molecule has 0 radical (unpaired) electrons. The molecule has 1 saturated carbocycles. The molecular formula is C10H16BrF3O2. The minimum absolute atomic E-state index is 0.101. The third-order valence-electron chi connectivity index (χ3n) is 2.53. The molecule has 0 aromatic heterocycles. The molecule has 0 heterocycles. The Labute approximate surface area is 102 Å². The maximum Gasteiger partial charge on any atom is 0.414 e. The fourth-order valence-electron chi connectivity index (χ4n) is 1.47. The molecule has 0 bridgehead atoms. The largest absolute Gasteiger partial charge is 0.414 e. The molecule has 16 heavy (non-hydrogen) atoms. The maximum absolute atomic E-state index is 12.3. The van der Waals surface area contributed by atoms with Crippen LogP contribution in [0.3, 0.4) is 0 Å². The first-order valence-corrected chi connectivity index (χ1v) is 6.25. The van der Waals surface area contributed by atoms with E-state index in [1.165, 1.54) is 0 Å². The maximum atomic E-state index is 12.3. The normalized spacial score (nSPS) is 32.2. The number of halogens is 4. The molecule has 1 aliphatic rings. The topological polar surface area (TPSA) is 18.5 Å². The predicted octanol–water partition coefficient (Wildman–Crippen LogP) is 3.28. The zero-order valence-corrected chi connectivity index (χ0v) is 10.8. The second kappa shape index (κ2) is 5.69. The Hall–Kier alpha value is 0.190. The molecule has 0 aromatic carbocycles. The van der Waals surface area contributed by atoms with Crippen LogP contribution in [0.5, 0.6) is 0 Å². The summed E-state index contributed by atoms with van der Waals surface area (Å²) in [6, 6.07) is 0. The van der Waals surface area contributed by atoms with Crippen LogP contribution in [-0.4, -0.2) is 35.9 Å². The minimum atomic E-state index is -4.30. The van der Waals surface area contributed by atoms with Crippen LogP contribution < -0.4 is 0 Å². The molecule has 0 aliphatic heterocycles. The van der Waals surface area contributed by atoms with Crippen molar-refractivity contribution >= 4 is 15.9 Å². The van der Waals surface area contributed by atoms with Crippen molar-refractivity contribution in [2.75, 3.05) is 6.61 Å². The Morgan fingerprint density at radius 2 is 2.06 bits per heavy atom. The fraction of sp³-hybridized carbons (Fsp3) is 1.00. The third-order valence-corrected chi connectivity index (χ3v) is 3.43. The molecule has 4 unspecified atom stereocenters. The van der Waals surface area contributed by atoms with Gasteiger partial charge in [0.15, 0.2) is 6.10 Å². The van der Waals surface area contributed by atoms with E-state index in [4.69, 9.17) is 9.47 Å². The quantitative estimate of drug-likeness (QED) is 0.726. The van der Waals surface area contributed by atoms with E-state index in [-0.39, 0.29) is 10.9 Å². The highest BCUT2D eigenvalue weighted by Gasteiger charge is 2.46. The van der Waals surface area contributed by atoms with Gasteiger partial charge in [-0.1, -0.05) is 22.9 Å². The van der Waals surface area contributed by atoms with Crippen LogP contribution in [0.25, 0.3) is 0 Å². The molecule has 1 rings (SSSR count). The standard InChI is InChI=1S/C10H16BrF3O2/c1-3-4-15-9-7(11)5-8(9)16-6(2)10(12,13)14/h6-9H,3-5H2,1-2H3. The van der Waals surface area contributed by atoms with Gasteiger partial charge in [0.25, 0.3) is 0 Å². The average Bonchev–Trinajstić information content (AvgIpc) is 2.16. The molecule has 0 amide bonds. The molecule has 2 nitrogen and oxygen atoms in total. The molecule has 1 aliphatic carbocycles. The van der Waals surface area contributed by atoms with Crippen molar-refractivity contribution in [3.05, 3.63) is 0 Å². The molecule has 0 N–H and O–H groups in total. The lowest BCUT2D eigenvalue weighted by molar-refractivity contribution is -0.250. The Bertz CT molecular complexity index is 223. The predicted molar refractivity (Wildman–Crippen MR) is 57.8 cm³/mol. The number of alkyl halides is 4. The van der Waals surface area contributed by atoms with Gasteiger partial charge in [0.2, 0.25) is 0 Å². The second-order valence-electron chi connectivity index (χ2n) is 3.95. The first-order chi connectivity index (χ1) is 7.36. The van der Waals surface area contributed by atoms with Crippen LogP contribution in [0.15, 0.2) is 0 Å². The molecular weight excluding hydrogens is 289 g/mol. The van der Waals surface area contributed by atoms with Crippen molar-refractivity contribution in [2.24, 2.45) is 0 Å². The lowest BCUT2D eigenvalue weighted by Gasteiger charge is -2.42. The van der Waals surface area contributed by atoms with Gasteiger partial charge >= 0.3 is 6.18 Å². The zero-order chi connectivity index (χ0) is 12.3. The first kappa shape index (κ1) is 14.3. The third kappa shape index (κ3) is 3.60. The Morgan fingerprint density at radius 1 is 1.44 bits per heavy atom. The summed E-state index contributed by atoms with van der Waals surface area (Å²) in [6.07, 6.45) is -5.33. The number of rotatable bonds is 5. The lowest BCUT2D eigenvalue weighted by atomic mass is 9.91. The smallest absolute Gasteiger partial charge is 0.374 e. The van der Waals surface area contributed by atoms with E-state index in [1.807, 2.05) is 6.92 Å². The summed E-state index contributed by atoms with van der Waals surface area (Å²) in [7, 11) is 0. The summed E-state index contributed by atoms with van der Waals surface area (Å²) in [5.74, 6) is 0. The van der Waals surface area contributed by atoms with E-state index in [2.05, 4.69) is 15.9 Å². The summed E-state index contributed by atoms with van der Waals surface area (Å²) in [5.41, 5.74) is 0. The van der Waals surface area contributed by atoms with Crippen molar-refractivity contribution in [3.8, 4) is 0 Å². The van der Waals surface area contributed by atoms with E-state index in [0.717, 1.165) is 13.3 Å². The van der Waals surface area contributed by atoms with Gasteiger partial charge in [-0.05, 0) is 19.8 Å². The highest BCUT2D eigenvalue weighted by Crippen LogP contribution is 2.36. The number of hydrogen-bond acceptors (Lipinski definition) is 2. The second-order valence-corrected chi connectivity index (χ2v) is 5.12. The van der Waals surface area contributed by atoms with Gasteiger partial charge in [0.05, 0.1) is 12.2 Å². The van der Waals surface area contributed by atoms with E-state index in [1.54, 1.807) is 0 Å². The molecule has 0 saturated heterocycles. The molecule has 1 fully saturated rings. The van der Waals surface area contributed by atoms with Crippen molar-refractivity contribution in [1.29, 1.82) is 0 Å². The van der Waals surface area contributed by atoms with Crippen LogP contribution in [0.1, 0.15) is 26.7 Å². The van der Waals surface area contributed by atoms with Crippen molar-refractivity contribution < 1.29 is 22.6 Å². The van der Waals surface area contributed by atoms with Gasteiger partial charge in [-0.15, -0.1) is 0 Å². The van der Waals surface area contributed by atoms with E-state index >= 15 is 0 Å². The summed E-state index contributed by atoms with van der Waals surface area (Å²) >= 11 is 3.35. The highest BCUT2D eigenvalue weighted by atomic mass is 79.9. The Balaban J connectivity index is 2.37. The van der Waals surface area contributed by atoms with Crippen LogP contribution in [0, 0.1) is 0 Å². The van der Waals surface area contributed by atoms with Crippen molar-refractivity contribution in [2.45, 2.75) is 56.0 Å². The van der Waals surface area contributed by atoms with Crippen LogP contribution in [0.4, 0.5) is 13.2 Å². The number of hydrogen-bond donors (Lipinski definition) is 0. The molecule has 0 spiro atoms. The summed E-state index contributed by atoms with van der Waals surface area (Å²) in [5, 5.41) is 0. The minimum Gasteiger partial charge on any atom is -0.374 e. The SMILES string of the molecule is CCCOC1C(Br)CC1OC(C)C(F)(F)F. The Kier molecular flexibility index (Phi) is 5.07. The number of ether oxygens (including phenoxy) is 2. The summed E-state index contributed by atoms with van der Waals surface area (Å²) in [6.45, 7) is 3.53. The van der Waals surface area contributed by atoms with E-state index < -0.39 is 18.4 Å². The molecule has 0 aromatic rings. The van der Waals surface area contributed by atoms with Gasteiger partial charge in [-0.3, -0.25) is 0 Å². The molecule has 96 valence electrons. The summed E-state index contributed by atoms with van der Waals surface area (Å²) in [4.78, 5) is 0.101. The zero-order valence-electron chi connectivity index (χ0n) is 9.26. The van der Waals surface area contributed by atoms with Gasteiger partial charge in [0, 0.05) is 11.4 Å². The van der Waals surface area contributed by atoms with Gasteiger partial charge < -0.3 is 9.47 Å². The monoisotopic (exact) mass is 304 g/mol. The fourth-order valence-corrected chi connectivity index (χ4v) is 2.33. The van der Waals surface area contributed by atoms with Crippen LogP contribution in [-0.2, 0) is 9.47 Å². The summed E-state index contributed by atoms with van der Waals surface area (Å²) < 4.78 is 47.2. The van der Waals surface area contributed by atoms with Crippen molar-refractivity contribution in [3.63, 3.8) is 0 Å². The van der Waals surface area contributed by atoms with E-state index in [0.29, 0.717) is 13.0 Å². The van der Waals surface area contributed by atoms with Crippen LogP contribution >= 0.6 is 15.9 Å². The van der Waals surface area contributed by atoms with Gasteiger partial charge in [0.1, 0.15) is 0 Å². The van der Waals surface area contributed by atoms with Crippen LogP contribution in [0.2, 0.25) is 0 Å². The van der Waals surface area contributed by atoms with E-state index in [9.17, 15) is 13.2 Å². The first-order valence-electron chi connectivity index (χ1n) is 5.34. The average molecular weight is 305 g/mol. The van der Waals surface area contributed by atoms with Crippen molar-refractivity contribution in [1.82, 2.24) is 0 Å². The van der Waals surface area contributed by atoms with Gasteiger partial charge in [-0.25, -0.2) is 0 Å².